The van der Waals surface area contributed by atoms with Crippen molar-refractivity contribution in [3.63, 3.8) is 0 Å². The van der Waals surface area contributed by atoms with Crippen LogP contribution in [-0.2, 0) is 19.4 Å². The number of carbonyl (C=O) groups excluding carboxylic acids is 2. The summed E-state index contributed by atoms with van der Waals surface area (Å²) in [6.45, 7) is 1.36. The van der Waals surface area contributed by atoms with E-state index in [1.54, 1.807) is 0 Å². The SMILES string of the molecule is C[C@H](OC(=O)c1cc(F)ccc1Br)C(=O)N[C@H]1CCS(=O)(=O)C1. The second-order valence-corrected chi connectivity index (χ2v) is 8.36. The van der Waals surface area contributed by atoms with Crippen LogP contribution >= 0.6 is 15.9 Å². The van der Waals surface area contributed by atoms with Gasteiger partial charge in [-0.05, 0) is 47.5 Å². The predicted molar refractivity (Wildman–Crippen MR) is 84.2 cm³/mol. The molecule has 0 spiro atoms. The van der Waals surface area contributed by atoms with E-state index in [-0.39, 0.29) is 17.1 Å². The van der Waals surface area contributed by atoms with Crippen LogP contribution in [0.4, 0.5) is 4.39 Å². The van der Waals surface area contributed by atoms with E-state index in [0.717, 1.165) is 6.07 Å². The molecule has 0 saturated carbocycles. The van der Waals surface area contributed by atoms with Gasteiger partial charge in [0.05, 0.1) is 17.1 Å². The van der Waals surface area contributed by atoms with Crippen LogP contribution in [0.25, 0.3) is 0 Å². The number of rotatable bonds is 4. The first-order valence-electron chi connectivity index (χ1n) is 6.85. The number of hydrogen-bond donors (Lipinski definition) is 1. The number of hydrogen-bond acceptors (Lipinski definition) is 5. The van der Waals surface area contributed by atoms with E-state index < -0.39 is 39.7 Å². The summed E-state index contributed by atoms with van der Waals surface area (Å²) in [6, 6.07) is 3.06. The molecule has 9 heteroatoms. The lowest BCUT2D eigenvalue weighted by molar-refractivity contribution is -0.129. The molecule has 1 fully saturated rings. The van der Waals surface area contributed by atoms with Crippen LogP contribution in [0, 0.1) is 5.82 Å². The Morgan fingerprint density at radius 2 is 2.13 bits per heavy atom. The van der Waals surface area contributed by atoms with E-state index in [2.05, 4.69) is 21.2 Å². The third kappa shape index (κ3) is 4.74. The maximum Gasteiger partial charge on any atom is 0.340 e. The van der Waals surface area contributed by atoms with Crippen LogP contribution in [0.1, 0.15) is 23.7 Å². The number of halogens is 2. The van der Waals surface area contributed by atoms with E-state index in [1.165, 1.54) is 19.1 Å². The second-order valence-electron chi connectivity index (χ2n) is 5.28. The highest BCUT2D eigenvalue weighted by atomic mass is 79.9. The molecule has 1 amide bonds. The topological polar surface area (TPSA) is 89.5 Å². The standard InChI is InChI=1S/C14H15BrFNO5S/c1-8(13(18)17-10-4-5-23(20,21)7-10)22-14(19)11-6-9(16)2-3-12(11)15/h2-3,6,8,10H,4-5,7H2,1H3,(H,17,18)/t8-,10-/m0/s1. The molecule has 1 saturated heterocycles. The summed E-state index contributed by atoms with van der Waals surface area (Å²) in [5.74, 6) is -2.13. The molecular formula is C14H15BrFNO5S. The minimum absolute atomic E-state index is 0.0301. The van der Waals surface area contributed by atoms with Crippen LogP contribution in [0.3, 0.4) is 0 Å². The fourth-order valence-corrected chi connectivity index (χ4v) is 4.24. The zero-order chi connectivity index (χ0) is 17.2. The smallest absolute Gasteiger partial charge is 0.340 e. The highest BCUT2D eigenvalue weighted by Gasteiger charge is 2.31. The summed E-state index contributed by atoms with van der Waals surface area (Å²) in [6.07, 6.45) is -0.787. The Balaban J connectivity index is 1.95. The molecule has 0 unspecified atom stereocenters. The largest absolute Gasteiger partial charge is 0.449 e. The van der Waals surface area contributed by atoms with Crippen LogP contribution in [-0.4, -0.2) is 43.9 Å². The molecule has 1 heterocycles. The van der Waals surface area contributed by atoms with Crippen LogP contribution in [0.15, 0.2) is 22.7 Å². The third-order valence-electron chi connectivity index (χ3n) is 3.38. The van der Waals surface area contributed by atoms with Gasteiger partial charge in [-0.25, -0.2) is 17.6 Å². The molecule has 1 aliphatic rings. The molecule has 1 aromatic carbocycles. The average molecular weight is 408 g/mol. The Hall–Kier alpha value is -1.48. The molecule has 2 atom stereocenters. The molecule has 1 aromatic rings. The predicted octanol–water partition coefficient (Wildman–Crippen LogP) is 1.44. The number of nitrogens with one attached hydrogen (secondary N) is 1. The quantitative estimate of drug-likeness (QED) is 0.762. The van der Waals surface area contributed by atoms with Crippen LogP contribution < -0.4 is 5.32 Å². The first kappa shape index (κ1) is 17.9. The average Bonchev–Trinajstić information content (AvgIpc) is 2.80. The van der Waals surface area contributed by atoms with Crippen LogP contribution in [0.5, 0.6) is 0 Å². The van der Waals surface area contributed by atoms with E-state index in [4.69, 9.17) is 4.74 Å². The summed E-state index contributed by atoms with van der Waals surface area (Å²) < 4.78 is 41.2. The van der Waals surface area contributed by atoms with Crippen molar-refractivity contribution in [3.05, 3.63) is 34.1 Å². The van der Waals surface area contributed by atoms with Gasteiger partial charge in [-0.3, -0.25) is 4.79 Å². The molecule has 0 aliphatic carbocycles. The Morgan fingerprint density at radius 1 is 1.43 bits per heavy atom. The van der Waals surface area contributed by atoms with Gasteiger partial charge >= 0.3 is 5.97 Å². The molecule has 126 valence electrons. The second kappa shape index (κ2) is 6.96. The lowest BCUT2D eigenvalue weighted by Crippen LogP contribution is -2.42. The molecule has 0 bridgehead atoms. The van der Waals surface area contributed by atoms with Crippen molar-refractivity contribution in [2.24, 2.45) is 0 Å². The lowest BCUT2D eigenvalue weighted by Gasteiger charge is -2.16. The number of carbonyl (C=O) groups is 2. The van der Waals surface area contributed by atoms with E-state index in [0.29, 0.717) is 10.9 Å². The van der Waals surface area contributed by atoms with Gasteiger partial charge in [0.15, 0.2) is 15.9 Å². The van der Waals surface area contributed by atoms with Crippen molar-refractivity contribution in [3.8, 4) is 0 Å². The van der Waals surface area contributed by atoms with Crippen molar-refractivity contribution in [1.29, 1.82) is 0 Å². The number of ether oxygens (including phenoxy) is 1. The minimum Gasteiger partial charge on any atom is -0.449 e. The summed E-state index contributed by atoms with van der Waals surface area (Å²) in [7, 11) is -3.11. The minimum atomic E-state index is -3.11. The monoisotopic (exact) mass is 407 g/mol. The molecule has 1 N–H and O–H groups in total. The van der Waals surface area contributed by atoms with Crippen molar-refractivity contribution >= 4 is 37.6 Å². The van der Waals surface area contributed by atoms with Gasteiger partial charge in [0.25, 0.3) is 5.91 Å². The number of benzene rings is 1. The Kier molecular flexibility index (Phi) is 5.41. The summed E-state index contributed by atoms with van der Waals surface area (Å²) in [4.78, 5) is 23.9. The third-order valence-corrected chi connectivity index (χ3v) is 5.84. The van der Waals surface area contributed by atoms with Gasteiger partial charge in [-0.1, -0.05) is 0 Å². The van der Waals surface area contributed by atoms with Gasteiger partial charge in [0.1, 0.15) is 5.82 Å². The van der Waals surface area contributed by atoms with Crippen LogP contribution in [0.2, 0.25) is 0 Å². The van der Waals surface area contributed by atoms with E-state index in [9.17, 15) is 22.4 Å². The first-order valence-corrected chi connectivity index (χ1v) is 9.46. The molecule has 6 nitrogen and oxygen atoms in total. The van der Waals surface area contributed by atoms with Gasteiger partial charge in [0, 0.05) is 10.5 Å². The highest BCUT2D eigenvalue weighted by Crippen LogP contribution is 2.19. The molecule has 1 aliphatic heterocycles. The molecular weight excluding hydrogens is 393 g/mol. The fraction of sp³-hybridized carbons (Fsp3) is 0.429. The maximum absolute atomic E-state index is 13.2. The molecule has 0 aromatic heterocycles. The van der Waals surface area contributed by atoms with E-state index >= 15 is 0 Å². The number of amides is 1. The zero-order valence-corrected chi connectivity index (χ0v) is 14.6. The summed E-state index contributed by atoms with van der Waals surface area (Å²) in [5, 5.41) is 2.54. The Labute approximate surface area is 141 Å². The lowest BCUT2D eigenvalue weighted by atomic mass is 10.2. The van der Waals surface area contributed by atoms with Gasteiger partial charge in [-0.2, -0.15) is 0 Å². The fourth-order valence-electron chi connectivity index (χ4n) is 2.16. The van der Waals surface area contributed by atoms with Gasteiger partial charge in [0.2, 0.25) is 0 Å². The summed E-state index contributed by atoms with van der Waals surface area (Å²) in [5.41, 5.74) is -0.0342. The van der Waals surface area contributed by atoms with E-state index in [1.807, 2.05) is 0 Å². The molecule has 2 rings (SSSR count). The van der Waals surface area contributed by atoms with Crippen molar-refractivity contribution in [1.82, 2.24) is 5.32 Å². The van der Waals surface area contributed by atoms with Crippen molar-refractivity contribution in [2.75, 3.05) is 11.5 Å². The molecule has 23 heavy (non-hydrogen) atoms. The van der Waals surface area contributed by atoms with Gasteiger partial charge in [-0.15, -0.1) is 0 Å². The van der Waals surface area contributed by atoms with Crippen molar-refractivity contribution < 1.29 is 27.1 Å². The Morgan fingerprint density at radius 3 is 2.74 bits per heavy atom. The maximum atomic E-state index is 13.2. The molecule has 0 radical (unpaired) electrons. The zero-order valence-electron chi connectivity index (χ0n) is 12.2. The van der Waals surface area contributed by atoms with Gasteiger partial charge < -0.3 is 10.1 Å². The number of sulfone groups is 1. The Bertz CT molecular complexity index is 737. The number of esters is 1. The highest BCUT2D eigenvalue weighted by molar-refractivity contribution is 9.10. The normalized spacial score (nSPS) is 20.7. The van der Waals surface area contributed by atoms with Crippen molar-refractivity contribution in [2.45, 2.75) is 25.5 Å². The first-order chi connectivity index (χ1) is 10.7. The summed E-state index contributed by atoms with van der Waals surface area (Å²) >= 11 is 3.11.